The van der Waals surface area contributed by atoms with Crippen molar-refractivity contribution in [3.8, 4) is 0 Å². The summed E-state index contributed by atoms with van der Waals surface area (Å²) < 4.78 is 0. The predicted molar refractivity (Wildman–Crippen MR) is 117 cm³/mol. The Labute approximate surface area is 175 Å². The first-order chi connectivity index (χ1) is 13.8. The number of anilines is 2. The van der Waals surface area contributed by atoms with E-state index in [1.54, 1.807) is 52.4 Å². The van der Waals surface area contributed by atoms with E-state index in [0.29, 0.717) is 24.5 Å². The number of amides is 3. The molecule has 0 aliphatic heterocycles. The van der Waals surface area contributed by atoms with Gasteiger partial charge in [0.2, 0.25) is 17.7 Å². The van der Waals surface area contributed by atoms with Gasteiger partial charge in [-0.05, 0) is 54.7 Å². The quantitative estimate of drug-likeness (QED) is 0.659. The second-order valence-electron chi connectivity index (χ2n) is 6.89. The summed E-state index contributed by atoms with van der Waals surface area (Å²) in [7, 11) is 1.78. The lowest BCUT2D eigenvalue weighted by atomic mass is 10.2. The second-order valence-corrected chi connectivity index (χ2v) is 7.89. The van der Waals surface area contributed by atoms with Gasteiger partial charge in [0, 0.05) is 30.2 Å². The average Bonchev–Trinajstić information content (AvgIpc) is 3.06. The van der Waals surface area contributed by atoms with Crippen LogP contribution in [0.15, 0.2) is 35.7 Å². The van der Waals surface area contributed by atoms with Crippen molar-refractivity contribution in [2.45, 2.75) is 27.3 Å². The highest BCUT2D eigenvalue weighted by Gasteiger charge is 2.17. The van der Waals surface area contributed by atoms with Gasteiger partial charge in [0.25, 0.3) is 0 Å². The highest BCUT2D eigenvalue weighted by Crippen LogP contribution is 2.17. The summed E-state index contributed by atoms with van der Waals surface area (Å²) in [5, 5.41) is 7.52. The van der Waals surface area contributed by atoms with Crippen LogP contribution in [0, 0.1) is 6.92 Å². The first kappa shape index (κ1) is 22.6. The van der Waals surface area contributed by atoms with Crippen LogP contribution in [0.2, 0.25) is 0 Å². The molecule has 7 nitrogen and oxygen atoms in total. The van der Waals surface area contributed by atoms with Gasteiger partial charge in [-0.1, -0.05) is 6.92 Å². The molecule has 1 aromatic heterocycles. The zero-order valence-corrected chi connectivity index (χ0v) is 18.1. The standard InChI is InChI=1S/C21H28N4O3S/c1-5-25(14-21(28)24(4)12-19-15(2)10-11-29-19)13-20(27)23-18-8-6-17(7-9-18)22-16(3)26/h6-11H,5,12-14H2,1-4H3,(H,22,26)(H,23,27). The van der Waals surface area contributed by atoms with Crippen LogP contribution < -0.4 is 10.6 Å². The smallest absolute Gasteiger partial charge is 0.238 e. The molecule has 0 aliphatic carbocycles. The van der Waals surface area contributed by atoms with Crippen molar-refractivity contribution in [2.24, 2.45) is 0 Å². The van der Waals surface area contributed by atoms with Crippen molar-refractivity contribution < 1.29 is 14.4 Å². The van der Waals surface area contributed by atoms with E-state index in [0.717, 1.165) is 0 Å². The highest BCUT2D eigenvalue weighted by atomic mass is 32.1. The molecule has 1 heterocycles. The fraction of sp³-hybridized carbons (Fsp3) is 0.381. The molecule has 0 saturated heterocycles. The first-order valence-corrected chi connectivity index (χ1v) is 10.3. The Morgan fingerprint density at radius 2 is 1.62 bits per heavy atom. The third-order valence-corrected chi connectivity index (χ3v) is 5.44. The number of aryl methyl sites for hydroxylation is 1. The minimum atomic E-state index is -0.191. The summed E-state index contributed by atoms with van der Waals surface area (Å²) >= 11 is 1.64. The van der Waals surface area contributed by atoms with Crippen LogP contribution >= 0.6 is 11.3 Å². The molecular weight excluding hydrogens is 388 g/mol. The van der Waals surface area contributed by atoms with E-state index < -0.39 is 0 Å². The van der Waals surface area contributed by atoms with Crippen LogP contribution in [0.3, 0.4) is 0 Å². The van der Waals surface area contributed by atoms with Crippen molar-refractivity contribution in [3.05, 3.63) is 46.2 Å². The summed E-state index contributed by atoms with van der Waals surface area (Å²) in [6, 6.07) is 8.94. The average molecular weight is 417 g/mol. The molecule has 0 saturated carbocycles. The van der Waals surface area contributed by atoms with E-state index in [-0.39, 0.29) is 30.8 Å². The molecule has 0 bridgehead atoms. The molecular formula is C21H28N4O3S. The molecule has 1 aromatic carbocycles. The molecule has 156 valence electrons. The van der Waals surface area contributed by atoms with E-state index >= 15 is 0 Å². The number of hydrogen-bond acceptors (Lipinski definition) is 5. The Kier molecular flexibility index (Phi) is 8.35. The minimum absolute atomic E-state index is 0.0212. The molecule has 0 unspecified atom stereocenters. The van der Waals surface area contributed by atoms with Gasteiger partial charge >= 0.3 is 0 Å². The van der Waals surface area contributed by atoms with E-state index in [2.05, 4.69) is 10.6 Å². The zero-order chi connectivity index (χ0) is 21.4. The zero-order valence-electron chi connectivity index (χ0n) is 17.3. The molecule has 8 heteroatoms. The molecule has 2 N–H and O–H groups in total. The number of hydrogen-bond donors (Lipinski definition) is 2. The van der Waals surface area contributed by atoms with Gasteiger partial charge in [-0.25, -0.2) is 0 Å². The highest BCUT2D eigenvalue weighted by molar-refractivity contribution is 7.10. The summed E-state index contributed by atoms with van der Waals surface area (Å²) in [6.45, 7) is 6.88. The van der Waals surface area contributed by atoms with Gasteiger partial charge in [0.1, 0.15) is 0 Å². The maximum Gasteiger partial charge on any atom is 0.238 e. The van der Waals surface area contributed by atoms with Crippen LogP contribution in [-0.2, 0) is 20.9 Å². The Balaban J connectivity index is 1.84. The van der Waals surface area contributed by atoms with Gasteiger partial charge in [-0.15, -0.1) is 11.3 Å². The van der Waals surface area contributed by atoms with Gasteiger partial charge < -0.3 is 15.5 Å². The van der Waals surface area contributed by atoms with E-state index in [1.165, 1.54) is 17.4 Å². The summed E-state index contributed by atoms with van der Waals surface area (Å²) in [5.41, 5.74) is 2.49. The molecule has 0 aliphatic rings. The van der Waals surface area contributed by atoms with Gasteiger partial charge in [0.15, 0.2) is 0 Å². The van der Waals surface area contributed by atoms with Crippen molar-refractivity contribution in [3.63, 3.8) is 0 Å². The van der Waals surface area contributed by atoms with Gasteiger partial charge in [0.05, 0.1) is 19.6 Å². The lowest BCUT2D eigenvalue weighted by Gasteiger charge is -2.23. The second kappa shape index (κ2) is 10.7. The predicted octanol–water partition coefficient (Wildman–Crippen LogP) is 2.93. The topological polar surface area (TPSA) is 81.8 Å². The van der Waals surface area contributed by atoms with Crippen molar-refractivity contribution in [1.82, 2.24) is 9.80 Å². The van der Waals surface area contributed by atoms with Crippen LogP contribution in [-0.4, -0.2) is 54.2 Å². The number of thiophene rings is 1. The minimum Gasteiger partial charge on any atom is -0.339 e. The summed E-state index contributed by atoms with van der Waals surface area (Å²) in [5.74, 6) is -0.361. The first-order valence-electron chi connectivity index (χ1n) is 9.45. The fourth-order valence-corrected chi connectivity index (χ4v) is 3.66. The lowest BCUT2D eigenvalue weighted by molar-refractivity contribution is -0.132. The number of rotatable bonds is 9. The normalized spacial score (nSPS) is 10.7. The molecule has 0 radical (unpaired) electrons. The van der Waals surface area contributed by atoms with Gasteiger partial charge in [-0.3, -0.25) is 19.3 Å². The van der Waals surface area contributed by atoms with E-state index in [4.69, 9.17) is 0 Å². The molecule has 0 spiro atoms. The summed E-state index contributed by atoms with van der Waals surface area (Å²) in [6.07, 6.45) is 0. The third kappa shape index (κ3) is 7.32. The van der Waals surface area contributed by atoms with Crippen LogP contribution in [0.25, 0.3) is 0 Å². The lowest BCUT2D eigenvalue weighted by Crippen LogP contribution is -2.41. The molecule has 0 atom stereocenters. The number of nitrogens with zero attached hydrogens (tertiary/aromatic N) is 2. The van der Waals surface area contributed by atoms with Crippen LogP contribution in [0.5, 0.6) is 0 Å². The molecule has 0 fully saturated rings. The maximum atomic E-state index is 12.5. The Morgan fingerprint density at radius 3 is 2.14 bits per heavy atom. The third-order valence-electron chi connectivity index (χ3n) is 4.44. The fourth-order valence-electron chi connectivity index (χ4n) is 2.70. The van der Waals surface area contributed by atoms with E-state index in [9.17, 15) is 14.4 Å². The SMILES string of the molecule is CCN(CC(=O)Nc1ccc(NC(C)=O)cc1)CC(=O)N(C)Cc1sccc1C. The number of nitrogens with one attached hydrogen (secondary N) is 2. The molecule has 2 rings (SSSR count). The summed E-state index contributed by atoms with van der Waals surface area (Å²) in [4.78, 5) is 40.6. The maximum absolute atomic E-state index is 12.5. The number of carbonyl (C=O) groups is 3. The van der Waals surface area contributed by atoms with Crippen molar-refractivity contribution in [2.75, 3.05) is 37.3 Å². The Morgan fingerprint density at radius 1 is 1.00 bits per heavy atom. The van der Waals surface area contributed by atoms with Crippen molar-refractivity contribution >= 4 is 40.4 Å². The number of benzene rings is 1. The molecule has 2 aromatic rings. The Hall–Kier alpha value is -2.71. The van der Waals surface area contributed by atoms with Crippen LogP contribution in [0.4, 0.5) is 11.4 Å². The Bertz CT molecular complexity index is 848. The van der Waals surface area contributed by atoms with Gasteiger partial charge in [-0.2, -0.15) is 0 Å². The largest absolute Gasteiger partial charge is 0.339 e. The van der Waals surface area contributed by atoms with E-state index in [1.807, 2.05) is 25.3 Å². The molecule has 3 amide bonds. The van der Waals surface area contributed by atoms with Crippen LogP contribution in [0.1, 0.15) is 24.3 Å². The monoisotopic (exact) mass is 416 g/mol. The number of likely N-dealkylation sites (N-methyl/N-ethyl adjacent to an activating group) is 2. The van der Waals surface area contributed by atoms with Crippen molar-refractivity contribution in [1.29, 1.82) is 0 Å². The number of carbonyl (C=O) groups excluding carboxylic acids is 3. The molecule has 29 heavy (non-hydrogen) atoms.